The number of ether oxygens (including phenoxy) is 2. The molecule has 0 amide bonds. The van der Waals surface area contributed by atoms with Gasteiger partial charge in [-0.2, -0.15) is 0 Å². The van der Waals surface area contributed by atoms with E-state index in [4.69, 9.17) is 9.47 Å². The second-order valence-electron chi connectivity index (χ2n) is 3.53. The van der Waals surface area contributed by atoms with Gasteiger partial charge in [0.2, 0.25) is 0 Å². The molecule has 0 saturated heterocycles. The summed E-state index contributed by atoms with van der Waals surface area (Å²) < 4.78 is 10.8. The molecule has 2 heteroatoms. The molecule has 0 aliphatic rings. The van der Waals surface area contributed by atoms with Crippen LogP contribution < -0.4 is 4.74 Å². The molecular weight excluding hydrogens is 188 g/mol. The summed E-state index contributed by atoms with van der Waals surface area (Å²) in [5.41, 5.74) is 2.20. The Balaban J connectivity index is 2.39. The third-order valence-corrected chi connectivity index (χ3v) is 1.85. The molecule has 0 aliphatic heterocycles. The summed E-state index contributed by atoms with van der Waals surface area (Å²) >= 11 is 0. The summed E-state index contributed by atoms with van der Waals surface area (Å²) in [6, 6.07) is 7.96. The number of rotatable bonds is 6. The Kier molecular flexibility index (Phi) is 4.91. The second-order valence-corrected chi connectivity index (χ2v) is 3.53. The molecule has 2 nitrogen and oxygen atoms in total. The number of hydrogen-bond donors (Lipinski definition) is 0. The quantitative estimate of drug-likeness (QED) is 0.665. The summed E-state index contributed by atoms with van der Waals surface area (Å²) in [5, 5.41) is 0. The monoisotopic (exact) mass is 206 g/mol. The highest BCUT2D eigenvalue weighted by atomic mass is 16.5. The van der Waals surface area contributed by atoms with Gasteiger partial charge in [0.05, 0.1) is 19.8 Å². The first-order valence-corrected chi connectivity index (χ1v) is 5.16. The van der Waals surface area contributed by atoms with E-state index in [2.05, 4.69) is 6.58 Å². The van der Waals surface area contributed by atoms with E-state index in [9.17, 15) is 0 Å². The summed E-state index contributed by atoms with van der Waals surface area (Å²) in [6.07, 6.45) is 0. The molecule has 0 spiro atoms. The molecule has 15 heavy (non-hydrogen) atoms. The molecule has 1 aromatic carbocycles. The van der Waals surface area contributed by atoms with Crippen molar-refractivity contribution < 1.29 is 9.47 Å². The lowest BCUT2D eigenvalue weighted by atomic mass is 10.2. The van der Waals surface area contributed by atoms with E-state index < -0.39 is 0 Å². The number of hydrogen-bond acceptors (Lipinski definition) is 2. The summed E-state index contributed by atoms with van der Waals surface area (Å²) in [5.74, 6) is 0.904. The third-order valence-electron chi connectivity index (χ3n) is 1.85. The highest BCUT2D eigenvalue weighted by Gasteiger charge is 1.95. The lowest BCUT2D eigenvalue weighted by Gasteiger charge is -2.06. The van der Waals surface area contributed by atoms with Gasteiger partial charge in [-0.3, -0.25) is 0 Å². The van der Waals surface area contributed by atoms with Crippen LogP contribution in [-0.4, -0.2) is 13.2 Å². The van der Waals surface area contributed by atoms with Crippen molar-refractivity contribution >= 4 is 0 Å². The van der Waals surface area contributed by atoms with Gasteiger partial charge in [-0.05, 0) is 31.5 Å². The molecule has 1 aromatic rings. The van der Waals surface area contributed by atoms with Gasteiger partial charge in [0.1, 0.15) is 5.75 Å². The Hall–Kier alpha value is -1.28. The van der Waals surface area contributed by atoms with Crippen molar-refractivity contribution in [3.63, 3.8) is 0 Å². The van der Waals surface area contributed by atoms with Crippen molar-refractivity contribution in [3.05, 3.63) is 42.0 Å². The summed E-state index contributed by atoms with van der Waals surface area (Å²) in [7, 11) is 0. The Morgan fingerprint density at radius 2 is 1.93 bits per heavy atom. The zero-order valence-corrected chi connectivity index (χ0v) is 9.45. The smallest absolute Gasteiger partial charge is 0.119 e. The van der Waals surface area contributed by atoms with Gasteiger partial charge in [0.25, 0.3) is 0 Å². The maximum Gasteiger partial charge on any atom is 0.119 e. The van der Waals surface area contributed by atoms with E-state index >= 15 is 0 Å². The number of benzene rings is 1. The van der Waals surface area contributed by atoms with Crippen molar-refractivity contribution in [2.24, 2.45) is 0 Å². The molecule has 0 heterocycles. The lowest BCUT2D eigenvalue weighted by molar-refractivity contribution is 0.143. The predicted octanol–water partition coefficient (Wildman–Crippen LogP) is 3.18. The van der Waals surface area contributed by atoms with Gasteiger partial charge in [-0.25, -0.2) is 0 Å². The average Bonchev–Trinajstić information content (AvgIpc) is 2.20. The third kappa shape index (κ3) is 4.66. The molecule has 0 fully saturated rings. The molecule has 0 N–H and O–H groups in total. The van der Waals surface area contributed by atoms with E-state index in [1.165, 1.54) is 0 Å². The molecule has 0 saturated carbocycles. The Morgan fingerprint density at radius 3 is 2.47 bits per heavy atom. The molecule has 0 bridgehead atoms. The largest absolute Gasteiger partial charge is 0.494 e. The van der Waals surface area contributed by atoms with Gasteiger partial charge in [-0.1, -0.05) is 24.3 Å². The minimum Gasteiger partial charge on any atom is -0.494 e. The summed E-state index contributed by atoms with van der Waals surface area (Å²) in [6.45, 7) is 9.65. The van der Waals surface area contributed by atoms with Gasteiger partial charge in [0, 0.05) is 0 Å². The molecule has 0 unspecified atom stereocenters. The van der Waals surface area contributed by atoms with Crippen molar-refractivity contribution in [1.29, 1.82) is 0 Å². The molecule has 1 rings (SSSR count). The predicted molar refractivity (Wildman–Crippen MR) is 62.1 cm³/mol. The molecule has 82 valence electrons. The van der Waals surface area contributed by atoms with E-state index in [0.717, 1.165) is 16.9 Å². The van der Waals surface area contributed by atoms with Crippen molar-refractivity contribution in [3.8, 4) is 5.75 Å². The van der Waals surface area contributed by atoms with E-state index in [0.29, 0.717) is 19.8 Å². The molecule has 0 aromatic heterocycles. The fraction of sp³-hybridized carbons (Fsp3) is 0.385. The first-order valence-electron chi connectivity index (χ1n) is 5.16. The van der Waals surface area contributed by atoms with E-state index in [1.807, 2.05) is 38.1 Å². The Labute approximate surface area is 91.5 Å². The summed E-state index contributed by atoms with van der Waals surface area (Å²) in [4.78, 5) is 0. The van der Waals surface area contributed by atoms with Crippen LogP contribution in [0.25, 0.3) is 0 Å². The molecule has 0 radical (unpaired) electrons. The van der Waals surface area contributed by atoms with Gasteiger partial charge >= 0.3 is 0 Å². The van der Waals surface area contributed by atoms with Crippen LogP contribution in [0.4, 0.5) is 0 Å². The maximum absolute atomic E-state index is 5.44. The normalized spacial score (nSPS) is 10.0. The lowest BCUT2D eigenvalue weighted by Crippen LogP contribution is -1.96. The van der Waals surface area contributed by atoms with Gasteiger partial charge in [0.15, 0.2) is 0 Å². The minimum absolute atomic E-state index is 0.618. The van der Waals surface area contributed by atoms with E-state index in [1.54, 1.807) is 0 Å². The van der Waals surface area contributed by atoms with Crippen molar-refractivity contribution in [2.75, 3.05) is 13.2 Å². The molecule has 0 aliphatic carbocycles. The highest BCUT2D eigenvalue weighted by molar-refractivity contribution is 5.26. The zero-order chi connectivity index (χ0) is 11.1. The topological polar surface area (TPSA) is 18.5 Å². The van der Waals surface area contributed by atoms with Crippen LogP contribution in [0, 0.1) is 0 Å². The van der Waals surface area contributed by atoms with Crippen LogP contribution in [0.5, 0.6) is 5.75 Å². The minimum atomic E-state index is 0.618. The molecular formula is C13H18O2. The zero-order valence-electron chi connectivity index (χ0n) is 9.45. The first kappa shape index (κ1) is 11.8. The first-order chi connectivity index (χ1) is 7.22. The SMILES string of the molecule is C=C(C)COCc1ccc(OCC)cc1. The Bertz CT molecular complexity index is 301. The second kappa shape index (κ2) is 6.25. The average molecular weight is 206 g/mol. The van der Waals surface area contributed by atoms with Crippen molar-refractivity contribution in [2.45, 2.75) is 20.5 Å². The van der Waals surface area contributed by atoms with Crippen LogP contribution in [-0.2, 0) is 11.3 Å². The van der Waals surface area contributed by atoms with Crippen LogP contribution in [0.3, 0.4) is 0 Å². The highest BCUT2D eigenvalue weighted by Crippen LogP contribution is 2.12. The van der Waals surface area contributed by atoms with Gasteiger partial charge in [-0.15, -0.1) is 0 Å². The van der Waals surface area contributed by atoms with Crippen molar-refractivity contribution in [1.82, 2.24) is 0 Å². The standard InChI is InChI=1S/C13H18O2/c1-4-15-13-7-5-12(6-8-13)10-14-9-11(2)3/h5-8H,2,4,9-10H2,1,3H3. The van der Waals surface area contributed by atoms with Crippen LogP contribution >= 0.6 is 0 Å². The van der Waals surface area contributed by atoms with Crippen LogP contribution in [0.1, 0.15) is 19.4 Å². The van der Waals surface area contributed by atoms with Gasteiger partial charge < -0.3 is 9.47 Å². The van der Waals surface area contributed by atoms with Crippen LogP contribution in [0.2, 0.25) is 0 Å². The fourth-order valence-electron chi connectivity index (χ4n) is 1.19. The van der Waals surface area contributed by atoms with Crippen LogP contribution in [0.15, 0.2) is 36.4 Å². The van der Waals surface area contributed by atoms with E-state index in [-0.39, 0.29) is 0 Å². The molecule has 0 atom stereocenters. The fourth-order valence-corrected chi connectivity index (χ4v) is 1.19. The maximum atomic E-state index is 5.44. The Morgan fingerprint density at radius 1 is 1.27 bits per heavy atom.